The predicted molar refractivity (Wildman–Crippen MR) is 130 cm³/mol. The van der Waals surface area contributed by atoms with Crippen LogP contribution in [0.25, 0.3) is 0 Å². The van der Waals surface area contributed by atoms with E-state index in [0.29, 0.717) is 11.1 Å². The fourth-order valence-corrected chi connectivity index (χ4v) is 3.90. The Morgan fingerprint density at radius 3 is 1.16 bits per heavy atom. The van der Waals surface area contributed by atoms with Gasteiger partial charge in [0.05, 0.1) is 47.0 Å². The van der Waals surface area contributed by atoms with Crippen LogP contribution in [0.1, 0.15) is 11.1 Å². The molecule has 0 aliphatic rings. The number of carbonyl (C=O) groups excluding carboxylic acids is 2. The summed E-state index contributed by atoms with van der Waals surface area (Å²) in [6.07, 6.45) is 2.22. The fourth-order valence-electron chi connectivity index (χ4n) is 2.64. The number of carboxylic acid groups (broad SMARTS) is 2. The van der Waals surface area contributed by atoms with Gasteiger partial charge < -0.3 is 40.6 Å². The third-order valence-electron chi connectivity index (χ3n) is 4.74. The van der Waals surface area contributed by atoms with Crippen molar-refractivity contribution in [3.63, 3.8) is 0 Å². The molecule has 0 aromatic heterocycles. The number of rotatable bonds is 12. The fraction of sp³-hybridized carbons (Fsp3) is 0.364. The Labute approximate surface area is 245 Å². The topological polar surface area (TPSA) is 213 Å². The second kappa shape index (κ2) is 16.4. The second-order valence-corrected chi connectivity index (χ2v) is 11.7. The molecule has 0 amide bonds. The second-order valence-electron chi connectivity index (χ2n) is 7.70. The first-order valence-electron chi connectivity index (χ1n) is 10.4. The number of sulfone groups is 2. The summed E-state index contributed by atoms with van der Waals surface area (Å²) in [6.45, 7) is -0.736. The van der Waals surface area contributed by atoms with Crippen molar-refractivity contribution in [3.8, 4) is 0 Å². The Kier molecular flexibility index (Phi) is 15.6. The smallest absolute Gasteiger partial charge is 0.548 e. The molecular formula is C22H28CaN2O10S2. The molecule has 0 heterocycles. The van der Waals surface area contributed by atoms with E-state index in [1.165, 1.54) is 24.3 Å². The van der Waals surface area contributed by atoms with E-state index in [2.05, 4.69) is 10.6 Å². The van der Waals surface area contributed by atoms with E-state index in [1.807, 2.05) is 0 Å². The molecule has 0 saturated heterocycles. The van der Waals surface area contributed by atoms with Crippen molar-refractivity contribution in [2.45, 2.75) is 35.0 Å². The van der Waals surface area contributed by atoms with Crippen molar-refractivity contribution in [1.29, 1.82) is 0 Å². The largest absolute Gasteiger partial charge is 2.00 e. The van der Waals surface area contributed by atoms with E-state index < -0.39 is 56.9 Å². The Bertz CT molecular complexity index is 1120. The van der Waals surface area contributed by atoms with Crippen LogP contribution in [0, 0.1) is 0 Å². The van der Waals surface area contributed by atoms with Gasteiger partial charge in [-0.2, -0.15) is 0 Å². The van der Waals surface area contributed by atoms with Gasteiger partial charge in [0.2, 0.25) is 0 Å². The van der Waals surface area contributed by atoms with Crippen LogP contribution in [0.4, 0.5) is 0 Å². The maximum atomic E-state index is 11.2. The van der Waals surface area contributed by atoms with Crippen LogP contribution in [-0.4, -0.2) is 115 Å². The van der Waals surface area contributed by atoms with E-state index in [0.717, 1.165) is 12.5 Å². The van der Waals surface area contributed by atoms with Crippen molar-refractivity contribution < 1.29 is 46.9 Å². The average molecular weight is 585 g/mol. The van der Waals surface area contributed by atoms with E-state index >= 15 is 0 Å². The summed E-state index contributed by atoms with van der Waals surface area (Å²) in [5, 5.41) is 43.7. The van der Waals surface area contributed by atoms with Gasteiger partial charge in [0.1, 0.15) is 0 Å². The Morgan fingerprint density at radius 2 is 0.973 bits per heavy atom. The molecule has 2 aromatic rings. The summed E-state index contributed by atoms with van der Waals surface area (Å²) in [5.41, 5.74) is 1.42. The quantitative estimate of drug-likeness (QED) is 0.177. The zero-order chi connectivity index (χ0) is 27.5. The summed E-state index contributed by atoms with van der Waals surface area (Å²) in [7, 11) is -6.47. The summed E-state index contributed by atoms with van der Waals surface area (Å²) in [6, 6.07) is 9.80. The zero-order valence-corrected chi connectivity index (χ0v) is 24.1. The van der Waals surface area contributed by atoms with Gasteiger partial charge in [0, 0.05) is 25.6 Å². The molecule has 0 aliphatic heterocycles. The van der Waals surface area contributed by atoms with Gasteiger partial charge in [-0.15, -0.1) is 0 Å². The molecule has 0 radical (unpaired) electrons. The third kappa shape index (κ3) is 13.1. The van der Waals surface area contributed by atoms with Gasteiger partial charge in [-0.25, -0.2) is 16.8 Å². The molecular weight excluding hydrogens is 556 g/mol. The Hall–Kier alpha value is -1.62. The zero-order valence-electron chi connectivity index (χ0n) is 20.3. The van der Waals surface area contributed by atoms with Crippen LogP contribution >= 0.6 is 0 Å². The van der Waals surface area contributed by atoms with Gasteiger partial charge in [-0.3, -0.25) is 0 Å². The number of aliphatic carboxylic acids is 2. The normalized spacial score (nSPS) is 12.9. The van der Waals surface area contributed by atoms with E-state index in [-0.39, 0.29) is 60.6 Å². The summed E-state index contributed by atoms with van der Waals surface area (Å²) >= 11 is 0. The first-order chi connectivity index (χ1) is 16.7. The number of carboxylic acids is 2. The van der Waals surface area contributed by atoms with Gasteiger partial charge in [-0.05, 0) is 35.4 Å². The van der Waals surface area contributed by atoms with Crippen LogP contribution in [0.5, 0.6) is 0 Å². The van der Waals surface area contributed by atoms with Crippen molar-refractivity contribution in [2.24, 2.45) is 0 Å². The first-order valence-corrected chi connectivity index (χ1v) is 14.2. The van der Waals surface area contributed by atoms with Gasteiger partial charge in [0.15, 0.2) is 19.7 Å². The molecule has 200 valence electrons. The van der Waals surface area contributed by atoms with Crippen molar-refractivity contribution >= 4 is 69.4 Å². The molecule has 15 heteroatoms. The number of aliphatic hydroxyl groups excluding tert-OH is 2. The van der Waals surface area contributed by atoms with Gasteiger partial charge >= 0.3 is 37.7 Å². The molecule has 4 N–H and O–H groups in total. The number of carbonyl (C=O) groups is 2. The molecule has 37 heavy (non-hydrogen) atoms. The Morgan fingerprint density at radius 1 is 0.703 bits per heavy atom. The van der Waals surface area contributed by atoms with Crippen molar-refractivity contribution in [1.82, 2.24) is 10.6 Å². The van der Waals surface area contributed by atoms with Crippen molar-refractivity contribution in [2.75, 3.05) is 25.7 Å². The standard InChI is InChI=1S/2C11H15NO5S.Ca/c2*1-18(16,17)9-4-2-8(3-5-9)6-12-10(7-13)11(14)15;/h2*2-5,10,12-13H,6-7H2,1H3,(H,14,15);/q;;+2/p-2/t2*10-;/m00./s1. The summed E-state index contributed by atoms with van der Waals surface area (Å²) < 4.78 is 44.8. The molecule has 0 spiro atoms. The third-order valence-corrected chi connectivity index (χ3v) is 7.00. The minimum Gasteiger partial charge on any atom is -0.548 e. The predicted octanol–water partition coefficient (Wildman–Crippen LogP) is -3.80. The number of benzene rings is 2. The van der Waals surface area contributed by atoms with Gasteiger partial charge in [-0.1, -0.05) is 24.3 Å². The van der Waals surface area contributed by atoms with Crippen LogP contribution in [0.15, 0.2) is 58.3 Å². The molecule has 2 atom stereocenters. The van der Waals surface area contributed by atoms with E-state index in [9.17, 15) is 36.6 Å². The molecule has 0 fully saturated rings. The van der Waals surface area contributed by atoms with Gasteiger partial charge in [0.25, 0.3) is 0 Å². The Balaban J connectivity index is 0.000000682. The maximum absolute atomic E-state index is 11.2. The van der Waals surface area contributed by atoms with Crippen molar-refractivity contribution in [3.05, 3.63) is 59.7 Å². The van der Waals surface area contributed by atoms with E-state index in [4.69, 9.17) is 10.2 Å². The van der Waals surface area contributed by atoms with E-state index in [1.54, 1.807) is 24.3 Å². The molecule has 0 saturated carbocycles. The number of nitrogens with one attached hydrogen (secondary N) is 2. The summed E-state index contributed by atoms with van der Waals surface area (Å²) in [4.78, 5) is 21.4. The maximum Gasteiger partial charge on any atom is 2.00 e. The number of aliphatic hydroxyl groups is 2. The molecule has 0 bridgehead atoms. The minimum atomic E-state index is -3.23. The van der Waals surface area contributed by atoms with Crippen LogP contribution in [-0.2, 0) is 42.4 Å². The SMILES string of the molecule is CS(=O)(=O)c1ccc(CN[C@@H](CO)C(=O)[O-])cc1.CS(=O)(=O)c1ccc(CN[C@@H](CO)C(=O)[O-])cc1.[Ca+2]. The minimum absolute atomic E-state index is 0. The van der Waals surface area contributed by atoms with Crippen LogP contribution < -0.4 is 20.8 Å². The monoisotopic (exact) mass is 584 g/mol. The van der Waals surface area contributed by atoms with Crippen LogP contribution in [0.2, 0.25) is 0 Å². The number of hydrogen-bond acceptors (Lipinski definition) is 12. The van der Waals surface area contributed by atoms with Crippen LogP contribution in [0.3, 0.4) is 0 Å². The number of hydrogen-bond donors (Lipinski definition) is 4. The molecule has 12 nitrogen and oxygen atoms in total. The molecule has 0 unspecified atom stereocenters. The summed E-state index contributed by atoms with van der Waals surface area (Å²) in [5.74, 6) is -2.77. The average Bonchev–Trinajstić information content (AvgIpc) is 2.79. The molecule has 0 aliphatic carbocycles. The molecule has 2 rings (SSSR count). The molecule has 2 aromatic carbocycles. The first kappa shape index (κ1) is 35.4.